The normalized spacial score (nSPS) is 18.8. The lowest BCUT2D eigenvalue weighted by atomic mass is 9.96. The lowest BCUT2D eigenvalue weighted by molar-refractivity contribution is 0.412. The van der Waals surface area contributed by atoms with Gasteiger partial charge in [0.05, 0.1) is 5.75 Å². The van der Waals surface area contributed by atoms with Gasteiger partial charge in [-0.05, 0) is 32.4 Å². The van der Waals surface area contributed by atoms with E-state index in [-0.39, 0.29) is 11.8 Å². The lowest BCUT2D eigenvalue weighted by Crippen LogP contribution is -2.38. The van der Waals surface area contributed by atoms with Crippen molar-refractivity contribution in [3.63, 3.8) is 0 Å². The van der Waals surface area contributed by atoms with Gasteiger partial charge in [-0.25, -0.2) is 13.1 Å². The van der Waals surface area contributed by atoms with E-state index in [4.69, 9.17) is 0 Å². The van der Waals surface area contributed by atoms with Gasteiger partial charge in [-0.15, -0.1) is 0 Å². The molecule has 0 bridgehead atoms. The van der Waals surface area contributed by atoms with E-state index in [1.807, 2.05) is 6.92 Å². The monoisotopic (exact) mass is 248 g/mol. The van der Waals surface area contributed by atoms with E-state index in [0.717, 1.165) is 38.8 Å². The van der Waals surface area contributed by atoms with Gasteiger partial charge in [-0.3, -0.25) is 0 Å². The molecule has 0 aliphatic heterocycles. The molecule has 0 saturated heterocycles. The highest BCUT2D eigenvalue weighted by Gasteiger charge is 2.19. The van der Waals surface area contributed by atoms with Crippen LogP contribution in [0.3, 0.4) is 0 Å². The summed E-state index contributed by atoms with van der Waals surface area (Å²) < 4.78 is 26.3. The van der Waals surface area contributed by atoms with Gasteiger partial charge in [0.25, 0.3) is 0 Å². The van der Waals surface area contributed by atoms with E-state index in [9.17, 15) is 8.42 Å². The third kappa shape index (κ3) is 5.82. The molecule has 0 unspecified atom stereocenters. The first-order chi connectivity index (χ1) is 7.64. The van der Waals surface area contributed by atoms with Crippen LogP contribution in [0, 0.1) is 0 Å². The summed E-state index contributed by atoms with van der Waals surface area (Å²) in [5.74, 6) is 0.247. The SMILES string of the molecule is CCNCCCS(=O)(=O)NC1CCCCC1. The summed E-state index contributed by atoms with van der Waals surface area (Å²) in [6.45, 7) is 3.70. The Hall–Kier alpha value is -0.130. The average Bonchev–Trinajstić information content (AvgIpc) is 2.25. The van der Waals surface area contributed by atoms with Crippen molar-refractivity contribution in [2.24, 2.45) is 0 Å². The highest BCUT2D eigenvalue weighted by Crippen LogP contribution is 2.18. The van der Waals surface area contributed by atoms with Gasteiger partial charge < -0.3 is 5.32 Å². The molecule has 0 heterocycles. The predicted molar refractivity (Wildman–Crippen MR) is 67.0 cm³/mol. The van der Waals surface area contributed by atoms with Crippen LogP contribution < -0.4 is 10.0 Å². The highest BCUT2D eigenvalue weighted by atomic mass is 32.2. The van der Waals surface area contributed by atoms with Crippen molar-refractivity contribution in [2.45, 2.75) is 51.5 Å². The number of rotatable bonds is 7. The van der Waals surface area contributed by atoms with E-state index >= 15 is 0 Å². The van der Waals surface area contributed by atoms with Crippen LogP contribution in [0.5, 0.6) is 0 Å². The highest BCUT2D eigenvalue weighted by molar-refractivity contribution is 7.89. The zero-order valence-corrected chi connectivity index (χ0v) is 11.0. The number of hydrogen-bond acceptors (Lipinski definition) is 3. The van der Waals surface area contributed by atoms with E-state index in [1.165, 1.54) is 6.42 Å². The number of nitrogens with one attached hydrogen (secondary N) is 2. The molecule has 1 aliphatic carbocycles. The second-order valence-corrected chi connectivity index (χ2v) is 6.35. The van der Waals surface area contributed by atoms with Crippen LogP contribution in [-0.4, -0.2) is 33.3 Å². The summed E-state index contributed by atoms with van der Waals surface area (Å²) in [6, 6.07) is 0.192. The van der Waals surface area contributed by atoms with Gasteiger partial charge in [-0.2, -0.15) is 0 Å². The smallest absolute Gasteiger partial charge is 0.211 e. The third-order valence-corrected chi connectivity index (χ3v) is 4.49. The minimum atomic E-state index is -3.05. The van der Waals surface area contributed by atoms with Crippen molar-refractivity contribution in [2.75, 3.05) is 18.8 Å². The minimum absolute atomic E-state index is 0.192. The summed E-state index contributed by atoms with van der Waals surface area (Å²) in [7, 11) is -3.05. The van der Waals surface area contributed by atoms with Gasteiger partial charge in [-0.1, -0.05) is 26.2 Å². The Morgan fingerprint density at radius 3 is 2.50 bits per heavy atom. The van der Waals surface area contributed by atoms with Crippen LogP contribution in [0.2, 0.25) is 0 Å². The standard InChI is InChI=1S/C11H24N2O2S/c1-2-12-9-6-10-16(14,15)13-11-7-4-3-5-8-11/h11-13H,2-10H2,1H3. The molecule has 0 radical (unpaired) electrons. The van der Waals surface area contributed by atoms with Gasteiger partial charge in [0.15, 0.2) is 0 Å². The summed E-state index contributed by atoms with van der Waals surface area (Å²) in [6.07, 6.45) is 6.27. The second kappa shape index (κ2) is 7.25. The Balaban J connectivity index is 2.22. The summed E-state index contributed by atoms with van der Waals surface area (Å²) >= 11 is 0. The average molecular weight is 248 g/mol. The zero-order valence-electron chi connectivity index (χ0n) is 10.2. The second-order valence-electron chi connectivity index (χ2n) is 4.48. The van der Waals surface area contributed by atoms with Crippen molar-refractivity contribution in [1.82, 2.24) is 10.0 Å². The molecule has 0 atom stereocenters. The summed E-state index contributed by atoms with van der Waals surface area (Å²) in [5, 5.41) is 3.13. The van der Waals surface area contributed by atoms with Gasteiger partial charge in [0.2, 0.25) is 10.0 Å². The first-order valence-corrected chi connectivity index (χ1v) is 8.00. The molecule has 1 rings (SSSR count). The van der Waals surface area contributed by atoms with Crippen LogP contribution >= 0.6 is 0 Å². The largest absolute Gasteiger partial charge is 0.317 e. The fourth-order valence-electron chi connectivity index (χ4n) is 2.10. The first-order valence-electron chi connectivity index (χ1n) is 6.35. The van der Waals surface area contributed by atoms with Gasteiger partial charge in [0, 0.05) is 6.04 Å². The maximum atomic E-state index is 11.7. The zero-order chi connectivity index (χ0) is 11.9. The quantitative estimate of drug-likeness (QED) is 0.666. The summed E-state index contributed by atoms with van der Waals surface area (Å²) in [4.78, 5) is 0. The molecule has 0 aromatic heterocycles. The predicted octanol–water partition coefficient (Wildman–Crippen LogP) is 1.24. The van der Waals surface area contributed by atoms with Gasteiger partial charge >= 0.3 is 0 Å². The maximum Gasteiger partial charge on any atom is 0.211 e. The molecule has 1 fully saturated rings. The van der Waals surface area contributed by atoms with Crippen molar-refractivity contribution >= 4 is 10.0 Å². The fraction of sp³-hybridized carbons (Fsp3) is 1.00. The molecular weight excluding hydrogens is 224 g/mol. The van der Waals surface area contributed by atoms with E-state index in [1.54, 1.807) is 0 Å². The van der Waals surface area contributed by atoms with Crippen molar-refractivity contribution in [1.29, 1.82) is 0 Å². The fourth-order valence-corrected chi connectivity index (χ4v) is 3.48. The van der Waals surface area contributed by atoms with Crippen LogP contribution in [0.15, 0.2) is 0 Å². The Labute approximate surface area is 99.2 Å². The lowest BCUT2D eigenvalue weighted by Gasteiger charge is -2.22. The van der Waals surface area contributed by atoms with E-state index in [2.05, 4.69) is 10.0 Å². The molecule has 2 N–H and O–H groups in total. The van der Waals surface area contributed by atoms with Crippen molar-refractivity contribution < 1.29 is 8.42 Å². The Bertz CT molecular complexity index is 272. The third-order valence-electron chi connectivity index (χ3n) is 2.97. The molecule has 0 spiro atoms. The Morgan fingerprint density at radius 2 is 1.88 bits per heavy atom. The number of sulfonamides is 1. The molecule has 4 nitrogen and oxygen atoms in total. The first kappa shape index (κ1) is 13.9. The molecule has 1 saturated carbocycles. The van der Waals surface area contributed by atoms with Crippen LogP contribution in [0.25, 0.3) is 0 Å². The van der Waals surface area contributed by atoms with Crippen LogP contribution in [0.1, 0.15) is 45.4 Å². The molecule has 1 aliphatic rings. The molecular formula is C11H24N2O2S. The van der Waals surface area contributed by atoms with Crippen LogP contribution in [-0.2, 0) is 10.0 Å². The van der Waals surface area contributed by atoms with Crippen molar-refractivity contribution in [3.05, 3.63) is 0 Å². The molecule has 0 aromatic rings. The molecule has 96 valence electrons. The van der Waals surface area contributed by atoms with Crippen LogP contribution in [0.4, 0.5) is 0 Å². The Morgan fingerprint density at radius 1 is 1.19 bits per heavy atom. The van der Waals surface area contributed by atoms with E-state index in [0.29, 0.717) is 6.42 Å². The Kier molecular flexibility index (Phi) is 6.31. The molecule has 0 amide bonds. The molecule has 0 aromatic carbocycles. The number of hydrogen-bond donors (Lipinski definition) is 2. The summed E-state index contributed by atoms with van der Waals surface area (Å²) in [5.41, 5.74) is 0. The topological polar surface area (TPSA) is 58.2 Å². The molecule has 16 heavy (non-hydrogen) atoms. The minimum Gasteiger partial charge on any atom is -0.317 e. The van der Waals surface area contributed by atoms with Crippen molar-refractivity contribution in [3.8, 4) is 0 Å². The maximum absolute atomic E-state index is 11.7. The van der Waals surface area contributed by atoms with Gasteiger partial charge in [0.1, 0.15) is 0 Å². The van der Waals surface area contributed by atoms with E-state index < -0.39 is 10.0 Å². The molecule has 5 heteroatoms.